The summed E-state index contributed by atoms with van der Waals surface area (Å²) in [5, 5.41) is 0. The molecule has 2 fully saturated rings. The molecule has 2 unspecified atom stereocenters. The Labute approximate surface area is 115 Å². The number of rotatable bonds is 2. The van der Waals surface area contributed by atoms with Crippen molar-refractivity contribution in [3.63, 3.8) is 0 Å². The minimum Gasteiger partial charge on any atom is -0.370 e. The Hall–Kier alpha value is -1.52. The second kappa shape index (κ2) is 4.79. The highest BCUT2D eigenvalue weighted by Crippen LogP contribution is 2.43. The van der Waals surface area contributed by atoms with Crippen LogP contribution in [0.2, 0.25) is 0 Å². The van der Waals surface area contributed by atoms with Crippen molar-refractivity contribution >= 4 is 12.0 Å². The van der Waals surface area contributed by atoms with E-state index in [1.165, 1.54) is 18.6 Å². The molecule has 108 valence electrons. The molecule has 20 heavy (non-hydrogen) atoms. The molecule has 2 atom stereocenters. The number of fused-ring (bicyclic) bond motifs is 1. The first-order valence-electron chi connectivity index (χ1n) is 6.90. The van der Waals surface area contributed by atoms with E-state index in [0.717, 1.165) is 18.9 Å². The van der Waals surface area contributed by atoms with Crippen molar-refractivity contribution in [2.45, 2.75) is 25.4 Å². The highest BCUT2D eigenvalue weighted by molar-refractivity contribution is 5.77. The van der Waals surface area contributed by atoms with Crippen LogP contribution in [0.4, 0.5) is 18.9 Å². The molecule has 0 N–H and O–H groups in total. The summed E-state index contributed by atoms with van der Waals surface area (Å²) in [6, 6.07) is 3.86. The number of hydrogen-bond acceptors (Lipinski definition) is 2. The van der Waals surface area contributed by atoms with Crippen LogP contribution in [0.15, 0.2) is 18.2 Å². The molecular formula is C15H16F3NO. The number of hydrogen-bond donors (Lipinski definition) is 0. The van der Waals surface area contributed by atoms with E-state index < -0.39 is 11.7 Å². The summed E-state index contributed by atoms with van der Waals surface area (Å²) >= 11 is 0. The summed E-state index contributed by atoms with van der Waals surface area (Å²) in [6.07, 6.45) is -0.535. The highest BCUT2D eigenvalue weighted by Gasteiger charge is 2.40. The molecule has 1 aliphatic carbocycles. The van der Waals surface area contributed by atoms with E-state index in [2.05, 4.69) is 0 Å². The van der Waals surface area contributed by atoms with Crippen molar-refractivity contribution in [1.82, 2.24) is 0 Å². The number of benzene rings is 1. The van der Waals surface area contributed by atoms with Crippen LogP contribution >= 0.6 is 0 Å². The second-order valence-electron chi connectivity index (χ2n) is 5.75. The lowest BCUT2D eigenvalue weighted by Crippen LogP contribution is -2.24. The molecule has 1 heterocycles. The van der Waals surface area contributed by atoms with Gasteiger partial charge in [-0.05, 0) is 42.9 Å². The van der Waals surface area contributed by atoms with E-state index >= 15 is 0 Å². The van der Waals surface area contributed by atoms with Crippen LogP contribution in [-0.2, 0) is 6.18 Å². The van der Waals surface area contributed by atoms with Crippen LogP contribution in [0, 0.1) is 11.8 Å². The van der Waals surface area contributed by atoms with Crippen molar-refractivity contribution in [2.75, 3.05) is 18.0 Å². The maximum atomic E-state index is 13.2. The normalized spacial score (nSPS) is 25.9. The molecule has 0 spiro atoms. The van der Waals surface area contributed by atoms with Gasteiger partial charge in [0.1, 0.15) is 6.29 Å². The zero-order valence-electron chi connectivity index (χ0n) is 11.0. The van der Waals surface area contributed by atoms with Crippen LogP contribution in [0.3, 0.4) is 0 Å². The van der Waals surface area contributed by atoms with Crippen molar-refractivity contribution in [3.05, 3.63) is 29.3 Å². The Balaban J connectivity index is 1.95. The molecule has 0 radical (unpaired) electrons. The number of anilines is 1. The summed E-state index contributed by atoms with van der Waals surface area (Å²) in [7, 11) is 0. The van der Waals surface area contributed by atoms with E-state index in [9.17, 15) is 18.0 Å². The third-order valence-corrected chi connectivity index (χ3v) is 4.53. The van der Waals surface area contributed by atoms with Gasteiger partial charge in [-0.1, -0.05) is 6.42 Å². The van der Waals surface area contributed by atoms with E-state index in [4.69, 9.17) is 0 Å². The first kappa shape index (κ1) is 13.5. The summed E-state index contributed by atoms with van der Waals surface area (Å²) < 4.78 is 39.5. The number of halogens is 3. The Morgan fingerprint density at radius 3 is 2.35 bits per heavy atom. The fourth-order valence-corrected chi connectivity index (χ4v) is 3.56. The van der Waals surface area contributed by atoms with Gasteiger partial charge in [0.25, 0.3) is 0 Å². The SMILES string of the molecule is O=Cc1ccc(N2CC3CCCC3C2)c(C(F)(F)F)c1. The molecule has 2 nitrogen and oxygen atoms in total. The van der Waals surface area contributed by atoms with Gasteiger partial charge in [0.15, 0.2) is 0 Å². The van der Waals surface area contributed by atoms with Gasteiger partial charge in [-0.3, -0.25) is 4.79 Å². The van der Waals surface area contributed by atoms with Gasteiger partial charge >= 0.3 is 6.18 Å². The molecule has 0 aromatic heterocycles. The van der Waals surface area contributed by atoms with Crippen LogP contribution in [-0.4, -0.2) is 19.4 Å². The van der Waals surface area contributed by atoms with Crippen LogP contribution in [0.1, 0.15) is 35.2 Å². The summed E-state index contributed by atoms with van der Waals surface area (Å²) in [4.78, 5) is 12.5. The predicted molar refractivity (Wildman–Crippen MR) is 69.9 cm³/mol. The van der Waals surface area contributed by atoms with Crippen molar-refractivity contribution < 1.29 is 18.0 Å². The van der Waals surface area contributed by atoms with Crippen molar-refractivity contribution in [1.29, 1.82) is 0 Å². The first-order chi connectivity index (χ1) is 9.49. The number of nitrogens with zero attached hydrogens (tertiary/aromatic N) is 1. The molecule has 1 aromatic rings. The molecule has 5 heteroatoms. The number of carbonyl (C=O) groups excluding carboxylic acids is 1. The Bertz CT molecular complexity index is 514. The Kier molecular flexibility index (Phi) is 3.22. The standard InChI is InChI=1S/C15H16F3NO/c16-15(17,18)13-6-10(9-20)4-5-14(13)19-7-11-2-1-3-12(11)8-19/h4-6,9,11-12H,1-3,7-8H2. The number of alkyl halides is 3. The first-order valence-corrected chi connectivity index (χ1v) is 6.90. The minimum absolute atomic E-state index is 0.0699. The maximum Gasteiger partial charge on any atom is 0.418 e. The Morgan fingerprint density at radius 2 is 1.80 bits per heavy atom. The van der Waals surface area contributed by atoms with Gasteiger partial charge in [0, 0.05) is 24.3 Å². The van der Waals surface area contributed by atoms with Crippen LogP contribution < -0.4 is 4.90 Å². The smallest absolute Gasteiger partial charge is 0.370 e. The maximum absolute atomic E-state index is 13.2. The molecule has 1 saturated heterocycles. The molecular weight excluding hydrogens is 267 g/mol. The lowest BCUT2D eigenvalue weighted by molar-refractivity contribution is -0.137. The molecule has 2 aliphatic rings. The third kappa shape index (κ3) is 2.30. The van der Waals surface area contributed by atoms with Gasteiger partial charge < -0.3 is 4.90 Å². The van der Waals surface area contributed by atoms with E-state index in [-0.39, 0.29) is 11.3 Å². The van der Waals surface area contributed by atoms with E-state index in [1.807, 2.05) is 4.90 Å². The molecule has 0 amide bonds. The zero-order valence-corrected chi connectivity index (χ0v) is 11.0. The summed E-state index contributed by atoms with van der Waals surface area (Å²) in [6.45, 7) is 1.41. The average molecular weight is 283 g/mol. The molecule has 3 rings (SSSR count). The van der Waals surface area contributed by atoms with Crippen LogP contribution in [0.25, 0.3) is 0 Å². The Morgan fingerprint density at radius 1 is 1.15 bits per heavy atom. The molecule has 0 bridgehead atoms. The average Bonchev–Trinajstić information content (AvgIpc) is 2.97. The molecule has 1 saturated carbocycles. The third-order valence-electron chi connectivity index (χ3n) is 4.53. The van der Waals surface area contributed by atoms with E-state index in [1.54, 1.807) is 0 Å². The zero-order chi connectivity index (χ0) is 14.3. The van der Waals surface area contributed by atoms with Gasteiger partial charge in [0.05, 0.1) is 5.56 Å². The van der Waals surface area contributed by atoms with Crippen molar-refractivity contribution in [3.8, 4) is 0 Å². The van der Waals surface area contributed by atoms with Crippen LogP contribution in [0.5, 0.6) is 0 Å². The van der Waals surface area contributed by atoms with Gasteiger partial charge in [-0.2, -0.15) is 13.2 Å². The number of carbonyl (C=O) groups is 1. The fourth-order valence-electron chi connectivity index (χ4n) is 3.56. The number of aldehydes is 1. The fraction of sp³-hybridized carbons (Fsp3) is 0.533. The molecule has 1 aromatic carbocycles. The lowest BCUT2D eigenvalue weighted by Gasteiger charge is -2.24. The molecule has 1 aliphatic heterocycles. The predicted octanol–water partition coefficient (Wildman–Crippen LogP) is 3.75. The topological polar surface area (TPSA) is 20.3 Å². The summed E-state index contributed by atoms with van der Waals surface area (Å²) in [5.74, 6) is 1.06. The van der Waals surface area contributed by atoms with E-state index in [0.29, 0.717) is 31.2 Å². The van der Waals surface area contributed by atoms with Crippen molar-refractivity contribution in [2.24, 2.45) is 11.8 Å². The van der Waals surface area contributed by atoms with Gasteiger partial charge in [0.2, 0.25) is 0 Å². The summed E-state index contributed by atoms with van der Waals surface area (Å²) in [5.41, 5.74) is -0.403. The second-order valence-corrected chi connectivity index (χ2v) is 5.75. The van der Waals surface area contributed by atoms with Gasteiger partial charge in [-0.25, -0.2) is 0 Å². The highest BCUT2D eigenvalue weighted by atomic mass is 19.4. The lowest BCUT2D eigenvalue weighted by atomic mass is 10.0. The quantitative estimate of drug-likeness (QED) is 0.770. The largest absolute Gasteiger partial charge is 0.418 e. The monoisotopic (exact) mass is 283 g/mol. The minimum atomic E-state index is -4.42. The van der Waals surface area contributed by atoms with Gasteiger partial charge in [-0.15, -0.1) is 0 Å².